The normalized spacial score (nSPS) is 18.3. The Kier molecular flexibility index (Phi) is 4.63. The number of nitrogens with zero attached hydrogens (tertiary/aromatic N) is 5. The molecule has 4 rings (SSSR count). The van der Waals surface area contributed by atoms with Crippen molar-refractivity contribution in [2.75, 3.05) is 18.5 Å². The number of para-hydroxylation sites is 1. The third-order valence-electron chi connectivity index (χ3n) is 5.54. The molecule has 2 aromatic heterocycles. The quantitative estimate of drug-likeness (QED) is 0.677. The van der Waals surface area contributed by atoms with Crippen LogP contribution in [0.15, 0.2) is 41.4 Å². The maximum absolute atomic E-state index is 13.6. The highest BCUT2D eigenvalue weighted by molar-refractivity contribution is 7.89. The number of benzene rings is 1. The molecule has 0 aliphatic carbocycles. The van der Waals surface area contributed by atoms with E-state index in [1.165, 1.54) is 6.20 Å². The number of hydrogen-bond acceptors (Lipinski definition) is 5. The summed E-state index contributed by atoms with van der Waals surface area (Å²) in [5, 5.41) is 5.12. The molecule has 0 unspecified atom stereocenters. The van der Waals surface area contributed by atoms with Gasteiger partial charge in [0.05, 0.1) is 5.69 Å². The molecule has 1 atom stereocenters. The highest BCUT2D eigenvalue weighted by Gasteiger charge is 2.35. The molecule has 7 nitrogen and oxygen atoms in total. The minimum absolute atomic E-state index is 0.118. The van der Waals surface area contributed by atoms with Crippen LogP contribution in [0.25, 0.3) is 11.0 Å². The summed E-state index contributed by atoms with van der Waals surface area (Å²) in [7, 11) is 0.124. The fourth-order valence-electron chi connectivity index (χ4n) is 4.00. The Morgan fingerprint density at radius 1 is 1.21 bits per heavy atom. The van der Waals surface area contributed by atoms with Gasteiger partial charge in [-0.3, -0.25) is 4.68 Å². The summed E-state index contributed by atoms with van der Waals surface area (Å²) in [4.78, 5) is 6.74. The molecule has 0 spiro atoms. The number of hydrogen-bond donors (Lipinski definition) is 0. The second kappa shape index (κ2) is 6.86. The van der Waals surface area contributed by atoms with Crippen LogP contribution in [0.3, 0.4) is 0 Å². The largest absolute Gasteiger partial charge is 0.373 e. The van der Waals surface area contributed by atoms with Crippen LogP contribution in [-0.2, 0) is 23.6 Å². The van der Waals surface area contributed by atoms with Crippen molar-refractivity contribution in [3.8, 4) is 0 Å². The van der Waals surface area contributed by atoms with Gasteiger partial charge in [-0.15, -0.1) is 0 Å². The molecule has 0 saturated heterocycles. The lowest BCUT2D eigenvalue weighted by atomic mass is 10.1. The lowest BCUT2D eigenvalue weighted by Crippen LogP contribution is -2.43. The van der Waals surface area contributed by atoms with Crippen LogP contribution < -0.4 is 4.90 Å². The van der Waals surface area contributed by atoms with E-state index in [0.29, 0.717) is 18.7 Å². The summed E-state index contributed by atoms with van der Waals surface area (Å²) in [5.74, 6) is 0. The van der Waals surface area contributed by atoms with E-state index in [4.69, 9.17) is 0 Å². The smallest absolute Gasteiger partial charge is 0.245 e. The summed E-state index contributed by atoms with van der Waals surface area (Å²) in [5.41, 5.74) is 3.55. The zero-order valence-electron chi connectivity index (χ0n) is 16.6. The molecule has 1 aromatic carbocycles. The Hall–Kier alpha value is -2.45. The number of rotatable bonds is 3. The predicted molar refractivity (Wildman–Crippen MR) is 110 cm³/mol. The Balaban J connectivity index is 1.82. The van der Waals surface area contributed by atoms with Crippen LogP contribution in [0.1, 0.15) is 24.6 Å². The van der Waals surface area contributed by atoms with Crippen molar-refractivity contribution in [2.45, 2.75) is 37.8 Å². The first-order chi connectivity index (χ1) is 13.3. The molecular formula is C20H25N5O2S. The van der Waals surface area contributed by atoms with Crippen LogP contribution in [0.4, 0.5) is 5.69 Å². The zero-order valence-corrected chi connectivity index (χ0v) is 17.4. The third kappa shape index (κ3) is 2.97. The molecule has 0 amide bonds. The topological polar surface area (TPSA) is 71.3 Å². The number of fused-ring (bicyclic) bond motifs is 2. The lowest BCUT2D eigenvalue weighted by molar-refractivity contribution is 0.315. The number of likely N-dealkylation sites (N-methyl/N-ethyl adjacent to an activating group) is 1. The fraction of sp³-hybridized carbons (Fsp3) is 0.400. The molecule has 3 heterocycles. The first kappa shape index (κ1) is 18.9. The second-order valence-corrected chi connectivity index (χ2v) is 9.26. The number of aromatic nitrogens is 3. The molecule has 3 aromatic rings. The van der Waals surface area contributed by atoms with E-state index in [-0.39, 0.29) is 10.9 Å². The monoisotopic (exact) mass is 399 g/mol. The van der Waals surface area contributed by atoms with Gasteiger partial charge in [0.1, 0.15) is 4.90 Å². The molecule has 0 radical (unpaired) electrons. The molecule has 0 saturated carbocycles. The lowest BCUT2D eigenvalue weighted by Gasteiger charge is -2.29. The average molecular weight is 400 g/mol. The maximum Gasteiger partial charge on any atom is 0.245 e. The molecule has 0 N–H and O–H groups in total. The summed E-state index contributed by atoms with van der Waals surface area (Å²) < 4.78 is 30.6. The van der Waals surface area contributed by atoms with E-state index in [1.807, 2.05) is 52.2 Å². The predicted octanol–water partition coefficient (Wildman–Crippen LogP) is 2.70. The first-order valence-electron chi connectivity index (χ1n) is 9.43. The van der Waals surface area contributed by atoms with E-state index in [1.54, 1.807) is 15.1 Å². The van der Waals surface area contributed by atoms with Crippen molar-refractivity contribution < 1.29 is 8.42 Å². The molecular weight excluding hydrogens is 374 g/mol. The van der Waals surface area contributed by atoms with Crippen molar-refractivity contribution in [3.63, 3.8) is 0 Å². The van der Waals surface area contributed by atoms with Crippen LogP contribution in [0.2, 0.25) is 0 Å². The number of sulfonamides is 1. The van der Waals surface area contributed by atoms with E-state index in [9.17, 15) is 8.42 Å². The average Bonchev–Trinajstić information content (AvgIpc) is 2.88. The Labute approximate surface area is 165 Å². The van der Waals surface area contributed by atoms with Crippen molar-refractivity contribution in [1.82, 2.24) is 19.1 Å². The summed E-state index contributed by atoms with van der Waals surface area (Å²) in [6.45, 7) is 4.90. The van der Waals surface area contributed by atoms with E-state index in [2.05, 4.69) is 15.0 Å². The number of aryl methyl sites for hydroxylation is 2. The van der Waals surface area contributed by atoms with Crippen molar-refractivity contribution in [1.29, 1.82) is 0 Å². The summed E-state index contributed by atoms with van der Waals surface area (Å²) in [6, 6.07) is 9.57. The highest BCUT2D eigenvalue weighted by atomic mass is 32.2. The number of anilines is 1. The minimum Gasteiger partial charge on any atom is -0.373 e. The molecule has 148 valence electrons. The van der Waals surface area contributed by atoms with Gasteiger partial charge in [0, 0.05) is 50.5 Å². The maximum atomic E-state index is 13.6. The van der Waals surface area contributed by atoms with Gasteiger partial charge in [0.25, 0.3) is 0 Å². The first-order valence-corrected chi connectivity index (χ1v) is 10.9. The molecule has 1 aliphatic rings. The Bertz CT molecular complexity index is 1140. The summed E-state index contributed by atoms with van der Waals surface area (Å²) >= 11 is 0. The van der Waals surface area contributed by atoms with E-state index >= 15 is 0 Å². The van der Waals surface area contributed by atoms with Gasteiger partial charge in [-0.25, -0.2) is 13.4 Å². The van der Waals surface area contributed by atoms with Crippen LogP contribution >= 0.6 is 0 Å². The zero-order chi connectivity index (χ0) is 20.1. The van der Waals surface area contributed by atoms with E-state index in [0.717, 1.165) is 28.8 Å². The SMILES string of the molecule is CC[C@@H]1CN(C)c2ccccc2CN1S(=O)(=O)c1cnc2c(c1)c(C)nn2C. The minimum atomic E-state index is -3.70. The molecule has 1 aliphatic heterocycles. The summed E-state index contributed by atoms with van der Waals surface area (Å²) in [6.07, 6.45) is 2.19. The molecule has 0 fully saturated rings. The van der Waals surface area contributed by atoms with Crippen LogP contribution in [0.5, 0.6) is 0 Å². The van der Waals surface area contributed by atoms with Gasteiger partial charge in [-0.2, -0.15) is 9.40 Å². The van der Waals surface area contributed by atoms with Crippen LogP contribution in [0, 0.1) is 6.92 Å². The molecule has 0 bridgehead atoms. The van der Waals surface area contributed by atoms with Crippen LogP contribution in [-0.4, -0.2) is 47.1 Å². The van der Waals surface area contributed by atoms with Gasteiger partial charge in [0.15, 0.2) is 5.65 Å². The van der Waals surface area contributed by atoms with Crippen molar-refractivity contribution >= 4 is 26.7 Å². The number of pyridine rings is 1. The van der Waals surface area contributed by atoms with Crippen molar-refractivity contribution in [2.24, 2.45) is 7.05 Å². The molecule has 8 heteroatoms. The van der Waals surface area contributed by atoms with Gasteiger partial charge in [-0.1, -0.05) is 25.1 Å². The van der Waals surface area contributed by atoms with Crippen molar-refractivity contribution in [3.05, 3.63) is 47.8 Å². The highest BCUT2D eigenvalue weighted by Crippen LogP contribution is 2.31. The van der Waals surface area contributed by atoms with Gasteiger partial charge in [-0.05, 0) is 31.0 Å². The Morgan fingerprint density at radius 3 is 2.71 bits per heavy atom. The van der Waals surface area contributed by atoms with Gasteiger partial charge >= 0.3 is 0 Å². The fourth-order valence-corrected chi connectivity index (χ4v) is 5.64. The Morgan fingerprint density at radius 2 is 1.96 bits per heavy atom. The second-order valence-electron chi connectivity index (χ2n) is 7.37. The van der Waals surface area contributed by atoms with E-state index < -0.39 is 10.0 Å². The van der Waals surface area contributed by atoms with Gasteiger partial charge < -0.3 is 4.90 Å². The molecule has 28 heavy (non-hydrogen) atoms. The van der Waals surface area contributed by atoms with Gasteiger partial charge in [0.2, 0.25) is 10.0 Å². The standard InChI is InChI=1S/C20H25N5O2S/c1-5-16-13-23(3)19-9-7-6-8-15(19)12-25(16)28(26,27)17-10-18-14(2)22-24(4)20(18)21-11-17/h6-11,16H,5,12-13H2,1-4H3/t16-/m1/s1. The third-order valence-corrected chi connectivity index (χ3v) is 7.40.